The van der Waals surface area contributed by atoms with Crippen molar-refractivity contribution in [3.63, 3.8) is 0 Å². The zero-order valence-electron chi connectivity index (χ0n) is 32.4. The van der Waals surface area contributed by atoms with Gasteiger partial charge in [-0.05, 0) is 87.0 Å². The molecule has 4 nitrogen and oxygen atoms in total. The molecule has 8 aromatic carbocycles. The van der Waals surface area contributed by atoms with Crippen molar-refractivity contribution < 1.29 is 4.42 Å². The second-order valence-corrected chi connectivity index (χ2v) is 17.0. The van der Waals surface area contributed by atoms with Gasteiger partial charge >= 0.3 is 0 Å². The molecule has 0 fully saturated rings. The second kappa shape index (κ2) is 12.9. The van der Waals surface area contributed by atoms with Crippen molar-refractivity contribution >= 4 is 53.4 Å². The van der Waals surface area contributed by atoms with E-state index in [0.717, 1.165) is 49.8 Å². The molecular weight excluding hydrogens is 739 g/mol. The van der Waals surface area contributed by atoms with Crippen molar-refractivity contribution in [3.05, 3.63) is 187 Å². The maximum Gasteiger partial charge on any atom is 0.164 e. The van der Waals surface area contributed by atoms with Gasteiger partial charge in [-0.25, -0.2) is 15.0 Å². The number of nitrogens with zero attached hydrogens (tertiary/aromatic N) is 3. The van der Waals surface area contributed by atoms with E-state index in [1.807, 2.05) is 30.3 Å². The van der Waals surface area contributed by atoms with Crippen molar-refractivity contribution in [1.29, 1.82) is 0 Å². The lowest BCUT2D eigenvalue weighted by atomic mass is 9.82. The van der Waals surface area contributed by atoms with Crippen molar-refractivity contribution in [2.45, 2.75) is 19.3 Å². The highest BCUT2D eigenvalue weighted by atomic mass is 32.1. The molecule has 5 heteroatoms. The molecule has 0 unspecified atom stereocenters. The van der Waals surface area contributed by atoms with Crippen LogP contribution in [0.1, 0.15) is 25.0 Å². The Morgan fingerprint density at radius 3 is 1.92 bits per heavy atom. The molecule has 0 aliphatic heterocycles. The second-order valence-electron chi connectivity index (χ2n) is 15.9. The van der Waals surface area contributed by atoms with Crippen LogP contribution >= 0.6 is 11.3 Å². The number of furan rings is 1. The molecule has 0 spiro atoms. The molecule has 0 N–H and O–H groups in total. The zero-order chi connectivity index (χ0) is 39.2. The first-order valence-electron chi connectivity index (χ1n) is 20.0. The fraction of sp³-hybridized carbons (Fsp3) is 0.0556. The Morgan fingerprint density at radius 1 is 0.407 bits per heavy atom. The van der Waals surface area contributed by atoms with Gasteiger partial charge in [-0.1, -0.05) is 147 Å². The molecule has 11 aromatic rings. The normalized spacial score (nSPS) is 13.1. The summed E-state index contributed by atoms with van der Waals surface area (Å²) < 4.78 is 9.02. The van der Waals surface area contributed by atoms with Crippen LogP contribution < -0.4 is 0 Å². The fourth-order valence-electron chi connectivity index (χ4n) is 9.24. The number of rotatable bonds is 5. The van der Waals surface area contributed by atoms with Gasteiger partial charge in [-0.3, -0.25) is 0 Å². The number of thiophene rings is 1. The quantitative estimate of drug-likeness (QED) is 0.175. The van der Waals surface area contributed by atoms with Gasteiger partial charge < -0.3 is 4.42 Å². The number of aromatic nitrogens is 3. The molecule has 0 amide bonds. The van der Waals surface area contributed by atoms with E-state index in [2.05, 4.69) is 159 Å². The summed E-state index contributed by atoms with van der Waals surface area (Å²) in [6, 6.07) is 62.5. The standard InChI is InChI=1S/C54H35N3OS/c1-54(2)43-18-8-6-15-39(43)49-37(16-10-19-44(49)54)33-24-22-32(23-25-33)35-26-28-45-42(30-35)50-40(17-11-20-46(50)58-45)53-56-51(34-12-4-3-5-13-34)55-52(57-53)36-27-29-48-41(31-36)38-14-7-9-21-47(38)59-48/h3-31H,1-2H3. The van der Waals surface area contributed by atoms with Gasteiger partial charge in [0.1, 0.15) is 11.2 Å². The minimum absolute atomic E-state index is 0.0385. The molecule has 0 radical (unpaired) electrons. The van der Waals surface area contributed by atoms with E-state index in [-0.39, 0.29) is 5.41 Å². The number of benzene rings is 8. The molecule has 0 atom stereocenters. The SMILES string of the molecule is CC1(C)c2ccccc2-c2c(-c3ccc(-c4ccc5oc6cccc(-c7nc(-c8ccccc8)nc(-c8ccc9sc%10ccccc%10c9c8)n7)c6c5c4)cc3)cccc21. The van der Waals surface area contributed by atoms with Gasteiger partial charge in [0.15, 0.2) is 17.5 Å². The van der Waals surface area contributed by atoms with Crippen LogP contribution in [0.15, 0.2) is 180 Å². The highest BCUT2D eigenvalue weighted by molar-refractivity contribution is 7.25. The Bertz CT molecular complexity index is 3470. The summed E-state index contributed by atoms with van der Waals surface area (Å²) in [5.74, 6) is 1.86. The topological polar surface area (TPSA) is 51.8 Å². The molecule has 1 aliphatic rings. The Hall–Kier alpha value is -7.21. The minimum Gasteiger partial charge on any atom is -0.456 e. The minimum atomic E-state index is -0.0385. The lowest BCUT2D eigenvalue weighted by Gasteiger charge is -2.21. The summed E-state index contributed by atoms with van der Waals surface area (Å²) in [6.07, 6.45) is 0. The summed E-state index contributed by atoms with van der Waals surface area (Å²) in [5.41, 5.74) is 14.5. The van der Waals surface area contributed by atoms with Gasteiger partial charge in [-0.2, -0.15) is 0 Å². The molecule has 1 aliphatic carbocycles. The molecule has 0 bridgehead atoms. The molecule has 0 saturated heterocycles. The third kappa shape index (κ3) is 5.32. The summed E-state index contributed by atoms with van der Waals surface area (Å²) in [5, 5.41) is 4.45. The van der Waals surface area contributed by atoms with Gasteiger partial charge in [0.2, 0.25) is 0 Å². The first-order chi connectivity index (χ1) is 29.0. The number of fused-ring (bicyclic) bond motifs is 9. The first-order valence-corrected chi connectivity index (χ1v) is 20.8. The first kappa shape index (κ1) is 33.9. The predicted molar refractivity (Wildman–Crippen MR) is 245 cm³/mol. The molecule has 59 heavy (non-hydrogen) atoms. The Labute approximate surface area is 345 Å². The summed E-state index contributed by atoms with van der Waals surface area (Å²) in [4.78, 5) is 15.4. The van der Waals surface area contributed by atoms with Crippen LogP contribution in [0, 0.1) is 0 Å². The average molecular weight is 774 g/mol. The summed E-state index contributed by atoms with van der Waals surface area (Å²) in [6.45, 7) is 4.67. The van der Waals surface area contributed by atoms with E-state index in [4.69, 9.17) is 19.4 Å². The molecule has 12 rings (SSSR count). The van der Waals surface area contributed by atoms with Crippen LogP contribution in [-0.2, 0) is 5.41 Å². The van der Waals surface area contributed by atoms with Crippen molar-refractivity contribution in [3.8, 4) is 67.5 Å². The van der Waals surface area contributed by atoms with E-state index in [0.29, 0.717) is 17.5 Å². The van der Waals surface area contributed by atoms with E-state index >= 15 is 0 Å². The monoisotopic (exact) mass is 773 g/mol. The molecular formula is C54H35N3OS. The van der Waals surface area contributed by atoms with Crippen molar-refractivity contribution in [1.82, 2.24) is 15.0 Å². The van der Waals surface area contributed by atoms with Crippen molar-refractivity contribution in [2.75, 3.05) is 0 Å². The van der Waals surface area contributed by atoms with E-state index < -0.39 is 0 Å². The molecule has 3 aromatic heterocycles. The third-order valence-corrected chi connectivity index (χ3v) is 13.3. The highest BCUT2D eigenvalue weighted by Gasteiger charge is 2.36. The molecule has 278 valence electrons. The third-order valence-electron chi connectivity index (χ3n) is 12.2. The van der Waals surface area contributed by atoms with Crippen LogP contribution in [-0.4, -0.2) is 15.0 Å². The van der Waals surface area contributed by atoms with E-state index in [9.17, 15) is 0 Å². The van der Waals surface area contributed by atoms with Crippen LogP contribution in [0.25, 0.3) is 110 Å². The summed E-state index contributed by atoms with van der Waals surface area (Å²) >= 11 is 1.81. The largest absolute Gasteiger partial charge is 0.456 e. The average Bonchev–Trinajstić information content (AvgIpc) is 3.93. The van der Waals surface area contributed by atoms with Crippen LogP contribution in [0.5, 0.6) is 0 Å². The van der Waals surface area contributed by atoms with Gasteiger partial charge in [0, 0.05) is 53.1 Å². The zero-order valence-corrected chi connectivity index (χ0v) is 33.2. The maximum atomic E-state index is 6.51. The Morgan fingerprint density at radius 2 is 1.03 bits per heavy atom. The van der Waals surface area contributed by atoms with Gasteiger partial charge in [0.05, 0.1) is 0 Å². The number of hydrogen-bond donors (Lipinski definition) is 0. The maximum absolute atomic E-state index is 6.51. The Kier molecular flexibility index (Phi) is 7.41. The van der Waals surface area contributed by atoms with Crippen LogP contribution in [0.4, 0.5) is 0 Å². The van der Waals surface area contributed by atoms with Gasteiger partial charge in [-0.15, -0.1) is 11.3 Å². The highest BCUT2D eigenvalue weighted by Crippen LogP contribution is 2.52. The van der Waals surface area contributed by atoms with Crippen LogP contribution in [0.2, 0.25) is 0 Å². The van der Waals surface area contributed by atoms with Crippen molar-refractivity contribution in [2.24, 2.45) is 0 Å². The predicted octanol–water partition coefficient (Wildman–Crippen LogP) is 14.8. The van der Waals surface area contributed by atoms with E-state index in [1.165, 1.54) is 53.6 Å². The van der Waals surface area contributed by atoms with E-state index in [1.54, 1.807) is 11.3 Å². The fourth-order valence-corrected chi connectivity index (χ4v) is 10.3. The van der Waals surface area contributed by atoms with Crippen LogP contribution in [0.3, 0.4) is 0 Å². The lowest BCUT2D eigenvalue weighted by molar-refractivity contribution is 0.660. The molecule has 0 saturated carbocycles. The smallest absolute Gasteiger partial charge is 0.164 e. The summed E-state index contributed by atoms with van der Waals surface area (Å²) in [7, 11) is 0. The molecule has 3 heterocycles. The number of hydrogen-bond acceptors (Lipinski definition) is 5. The lowest BCUT2D eigenvalue weighted by Crippen LogP contribution is -2.14. The van der Waals surface area contributed by atoms with Gasteiger partial charge in [0.25, 0.3) is 0 Å². The Balaban J connectivity index is 0.979.